The molecule has 1 aliphatic heterocycles. The number of hydrogen-bond acceptors (Lipinski definition) is 8. The second-order valence-electron chi connectivity index (χ2n) is 7.90. The van der Waals surface area contributed by atoms with Gasteiger partial charge in [0, 0.05) is 53.5 Å². The Balaban J connectivity index is 2.27. The van der Waals surface area contributed by atoms with Crippen molar-refractivity contribution in [3.05, 3.63) is 23.8 Å². The molecule has 0 bridgehead atoms. The molecule has 0 radical (unpaired) electrons. The maximum Gasteiger partial charge on any atom is 0.340 e. The molecule has 2 rings (SSSR count). The molecule has 0 N–H and O–H groups in total. The number of benzene rings is 1. The molecule has 0 aromatic heterocycles. The van der Waals surface area contributed by atoms with E-state index in [-0.39, 0.29) is 16.4 Å². The second kappa shape index (κ2) is 13.6. The Morgan fingerprint density at radius 2 is 1.59 bits per heavy atom. The van der Waals surface area contributed by atoms with Gasteiger partial charge in [0.25, 0.3) is 5.91 Å². The molecular formula is C23H37N3O7S. The molecule has 1 aromatic rings. The molecule has 1 saturated heterocycles. The van der Waals surface area contributed by atoms with Crippen LogP contribution in [0, 0.1) is 0 Å². The van der Waals surface area contributed by atoms with Crippen molar-refractivity contribution in [3.8, 4) is 0 Å². The first-order chi connectivity index (χ1) is 16.3. The summed E-state index contributed by atoms with van der Waals surface area (Å²) in [5.74, 6) is -1.11. The number of anilines is 1. The van der Waals surface area contributed by atoms with Gasteiger partial charge in [-0.05, 0) is 31.0 Å². The molecule has 1 aliphatic rings. The van der Waals surface area contributed by atoms with Gasteiger partial charge in [-0.2, -0.15) is 4.31 Å². The van der Waals surface area contributed by atoms with Gasteiger partial charge in [0.1, 0.15) is 0 Å². The van der Waals surface area contributed by atoms with Crippen molar-refractivity contribution >= 4 is 27.6 Å². The number of esters is 1. The van der Waals surface area contributed by atoms with Gasteiger partial charge in [0.15, 0.2) is 6.61 Å². The largest absolute Gasteiger partial charge is 0.452 e. The summed E-state index contributed by atoms with van der Waals surface area (Å²) in [5.41, 5.74) is 0.757. The highest BCUT2D eigenvalue weighted by Gasteiger charge is 2.27. The van der Waals surface area contributed by atoms with Crippen molar-refractivity contribution in [2.75, 3.05) is 78.2 Å². The van der Waals surface area contributed by atoms with E-state index in [9.17, 15) is 18.0 Å². The van der Waals surface area contributed by atoms with Crippen molar-refractivity contribution in [1.29, 1.82) is 0 Å². The summed E-state index contributed by atoms with van der Waals surface area (Å²) in [5, 5.41) is 0. The van der Waals surface area contributed by atoms with Gasteiger partial charge in [0.2, 0.25) is 10.0 Å². The molecule has 1 heterocycles. The van der Waals surface area contributed by atoms with Gasteiger partial charge >= 0.3 is 5.97 Å². The Kier molecular flexibility index (Phi) is 11.2. The summed E-state index contributed by atoms with van der Waals surface area (Å²) in [6.07, 6.45) is 1.97. The lowest BCUT2D eigenvalue weighted by atomic mass is 10.1. The number of ether oxygens (including phenoxy) is 3. The van der Waals surface area contributed by atoms with Crippen molar-refractivity contribution < 1.29 is 32.2 Å². The lowest BCUT2D eigenvalue weighted by Gasteiger charge is -2.24. The van der Waals surface area contributed by atoms with Gasteiger partial charge in [0.05, 0.1) is 29.4 Å². The summed E-state index contributed by atoms with van der Waals surface area (Å²) in [6, 6.07) is 4.55. The van der Waals surface area contributed by atoms with Crippen LogP contribution in [0.2, 0.25) is 0 Å². The van der Waals surface area contributed by atoms with E-state index < -0.39 is 22.6 Å². The molecule has 0 unspecified atom stereocenters. The SMILES string of the molecule is CCN(CC)S(=O)(=O)c1ccc(N2CCCC2)c(C(=O)OCC(=O)N(CCOC)CCOC)c1. The monoisotopic (exact) mass is 499 g/mol. The van der Waals surface area contributed by atoms with E-state index in [2.05, 4.69) is 0 Å². The molecule has 1 aromatic carbocycles. The molecule has 10 nitrogen and oxygen atoms in total. The Morgan fingerprint density at radius 3 is 2.12 bits per heavy atom. The van der Waals surface area contributed by atoms with Crippen LogP contribution in [0.3, 0.4) is 0 Å². The third kappa shape index (κ3) is 7.14. The fraction of sp³-hybridized carbons (Fsp3) is 0.652. The minimum absolute atomic E-state index is 0.0271. The predicted molar refractivity (Wildman–Crippen MR) is 129 cm³/mol. The number of carbonyl (C=O) groups is 2. The second-order valence-corrected chi connectivity index (χ2v) is 9.84. The zero-order valence-electron chi connectivity index (χ0n) is 20.6. The van der Waals surface area contributed by atoms with E-state index in [4.69, 9.17) is 14.2 Å². The number of carbonyl (C=O) groups excluding carboxylic acids is 2. The zero-order chi connectivity index (χ0) is 25.1. The van der Waals surface area contributed by atoms with Crippen LogP contribution in [0.5, 0.6) is 0 Å². The van der Waals surface area contributed by atoms with Gasteiger partial charge in [-0.3, -0.25) is 4.79 Å². The maximum atomic E-state index is 13.1. The average molecular weight is 500 g/mol. The van der Waals surface area contributed by atoms with Crippen molar-refractivity contribution in [2.24, 2.45) is 0 Å². The first-order valence-electron chi connectivity index (χ1n) is 11.6. The van der Waals surface area contributed by atoms with Gasteiger partial charge < -0.3 is 24.0 Å². The first-order valence-corrected chi connectivity index (χ1v) is 13.1. The van der Waals surface area contributed by atoms with Crippen molar-refractivity contribution in [1.82, 2.24) is 9.21 Å². The van der Waals surface area contributed by atoms with E-state index in [1.54, 1.807) is 19.9 Å². The smallest absolute Gasteiger partial charge is 0.340 e. The topological polar surface area (TPSA) is 106 Å². The van der Waals surface area contributed by atoms with Crippen LogP contribution in [0.15, 0.2) is 23.1 Å². The summed E-state index contributed by atoms with van der Waals surface area (Å²) >= 11 is 0. The minimum Gasteiger partial charge on any atom is -0.452 e. The quantitative estimate of drug-likeness (QED) is 0.356. The van der Waals surface area contributed by atoms with Crippen molar-refractivity contribution in [3.63, 3.8) is 0 Å². The lowest BCUT2D eigenvalue weighted by molar-refractivity contribution is -0.135. The average Bonchev–Trinajstić information content (AvgIpc) is 3.37. The summed E-state index contributed by atoms with van der Waals surface area (Å²) in [7, 11) is -0.679. The number of amides is 1. The number of hydrogen-bond donors (Lipinski definition) is 0. The third-order valence-corrected chi connectivity index (χ3v) is 7.83. The third-order valence-electron chi connectivity index (χ3n) is 5.79. The van der Waals surface area contributed by atoms with Crippen LogP contribution >= 0.6 is 0 Å². The van der Waals surface area contributed by atoms with Crippen molar-refractivity contribution in [2.45, 2.75) is 31.6 Å². The van der Waals surface area contributed by atoms with Crippen LogP contribution in [0.4, 0.5) is 5.69 Å². The fourth-order valence-corrected chi connectivity index (χ4v) is 5.33. The Hall–Kier alpha value is -2.21. The van der Waals surface area contributed by atoms with Crippen LogP contribution in [0.1, 0.15) is 37.0 Å². The first kappa shape index (κ1) is 28.0. The summed E-state index contributed by atoms with van der Waals surface area (Å²) < 4.78 is 42.9. The van der Waals surface area contributed by atoms with E-state index in [0.29, 0.717) is 45.1 Å². The van der Waals surface area contributed by atoms with E-state index >= 15 is 0 Å². The molecule has 0 aliphatic carbocycles. The molecule has 0 atom stereocenters. The van der Waals surface area contributed by atoms with E-state index in [1.165, 1.54) is 35.6 Å². The zero-order valence-corrected chi connectivity index (χ0v) is 21.4. The Labute approximate surface area is 202 Å². The Morgan fingerprint density at radius 1 is 1.00 bits per heavy atom. The highest BCUT2D eigenvalue weighted by atomic mass is 32.2. The molecule has 0 spiro atoms. The van der Waals surface area contributed by atoms with Crippen LogP contribution < -0.4 is 4.90 Å². The number of sulfonamides is 1. The highest BCUT2D eigenvalue weighted by Crippen LogP contribution is 2.29. The minimum atomic E-state index is -3.76. The fourth-order valence-electron chi connectivity index (χ4n) is 3.85. The highest BCUT2D eigenvalue weighted by molar-refractivity contribution is 7.89. The summed E-state index contributed by atoms with van der Waals surface area (Å²) in [4.78, 5) is 29.3. The molecule has 192 valence electrons. The predicted octanol–water partition coefficient (Wildman–Crippen LogP) is 1.60. The van der Waals surface area contributed by atoms with Gasteiger partial charge in [-0.15, -0.1) is 0 Å². The number of nitrogens with zero attached hydrogens (tertiary/aromatic N) is 3. The summed E-state index contributed by atoms with van der Waals surface area (Å²) in [6.45, 7) is 6.60. The Bertz CT molecular complexity index is 905. The standard InChI is InChI=1S/C23H37N3O7S/c1-5-26(6-2)34(29,30)19-9-10-21(24-11-7-8-12-24)20(17-19)23(28)33-18-22(27)25(13-15-31-3)14-16-32-4/h9-10,17H,5-8,11-16,18H2,1-4H3. The van der Waals surface area contributed by atoms with E-state index in [1.807, 2.05) is 4.90 Å². The maximum absolute atomic E-state index is 13.1. The van der Waals surface area contributed by atoms with Crippen LogP contribution in [-0.2, 0) is 29.0 Å². The number of rotatable bonds is 14. The number of methoxy groups -OCH3 is 2. The lowest BCUT2D eigenvalue weighted by Crippen LogP contribution is -2.39. The molecule has 34 heavy (non-hydrogen) atoms. The normalized spacial score (nSPS) is 14.0. The van der Waals surface area contributed by atoms with Gasteiger partial charge in [-0.1, -0.05) is 13.8 Å². The molecule has 11 heteroatoms. The van der Waals surface area contributed by atoms with E-state index in [0.717, 1.165) is 25.9 Å². The van der Waals surface area contributed by atoms with Gasteiger partial charge in [-0.25, -0.2) is 13.2 Å². The molecular weight excluding hydrogens is 462 g/mol. The molecule has 1 amide bonds. The van der Waals surface area contributed by atoms with Crippen LogP contribution in [-0.4, -0.2) is 103 Å². The molecule has 1 fully saturated rings. The van der Waals surface area contributed by atoms with Crippen LogP contribution in [0.25, 0.3) is 0 Å². The molecule has 0 saturated carbocycles.